The Morgan fingerprint density at radius 3 is 2.55 bits per heavy atom. The Labute approximate surface area is 187 Å². The third kappa shape index (κ3) is 4.05. The largest absolute Gasteiger partial charge is 0.355 e. The van der Waals surface area contributed by atoms with Crippen molar-refractivity contribution < 1.29 is 27.2 Å². The number of benzene rings is 1. The fourth-order valence-corrected chi connectivity index (χ4v) is 4.18. The van der Waals surface area contributed by atoms with Crippen molar-refractivity contribution in [1.82, 2.24) is 15.3 Å². The smallest absolute Gasteiger partial charge is 0.342 e. The van der Waals surface area contributed by atoms with E-state index in [0.29, 0.717) is 12.8 Å². The molecule has 2 aromatic rings. The summed E-state index contributed by atoms with van der Waals surface area (Å²) in [4.78, 5) is 34.5. The van der Waals surface area contributed by atoms with Gasteiger partial charge in [0.05, 0.1) is 24.0 Å². The van der Waals surface area contributed by atoms with Crippen LogP contribution in [0.5, 0.6) is 0 Å². The van der Waals surface area contributed by atoms with E-state index in [-0.39, 0.29) is 29.2 Å². The summed E-state index contributed by atoms with van der Waals surface area (Å²) in [6.45, 7) is -0.839. The molecule has 0 atom stereocenters. The van der Waals surface area contributed by atoms with E-state index in [0.717, 1.165) is 29.9 Å². The quantitative estimate of drug-likeness (QED) is 0.673. The van der Waals surface area contributed by atoms with E-state index in [9.17, 15) is 27.2 Å². The van der Waals surface area contributed by atoms with Crippen LogP contribution in [-0.2, 0) is 4.79 Å². The van der Waals surface area contributed by atoms with Crippen LogP contribution in [0.15, 0.2) is 18.3 Å². The second-order valence-electron chi connectivity index (χ2n) is 8.03. The Hall–Kier alpha value is -3.44. The summed E-state index contributed by atoms with van der Waals surface area (Å²) in [5.41, 5.74) is -0.717. The summed E-state index contributed by atoms with van der Waals surface area (Å²) in [5, 5.41) is 4.75. The molecule has 0 spiro atoms. The van der Waals surface area contributed by atoms with Crippen molar-refractivity contribution in [3.05, 3.63) is 35.5 Å². The molecule has 1 aromatic carbocycles. The van der Waals surface area contributed by atoms with Crippen molar-refractivity contribution in [3.8, 4) is 0 Å². The Morgan fingerprint density at radius 1 is 1.18 bits per heavy atom. The number of amides is 2. The molecule has 0 saturated heterocycles. The molecule has 1 saturated carbocycles. The van der Waals surface area contributed by atoms with Gasteiger partial charge in [0.25, 0.3) is 11.8 Å². The number of nitrogens with one attached hydrogen (secondary N) is 2. The number of alkyl halides is 2. The van der Waals surface area contributed by atoms with E-state index in [2.05, 4.69) is 20.6 Å². The molecule has 12 heteroatoms. The van der Waals surface area contributed by atoms with Crippen LogP contribution in [0.25, 0.3) is 0 Å². The summed E-state index contributed by atoms with van der Waals surface area (Å²) >= 11 is 0. The lowest BCUT2D eigenvalue weighted by molar-refractivity contribution is -0.140. The van der Waals surface area contributed by atoms with Gasteiger partial charge in [-0.05, 0) is 25.0 Å². The molecule has 0 radical (unpaired) electrons. The Morgan fingerprint density at radius 2 is 1.88 bits per heavy atom. The lowest BCUT2D eigenvalue weighted by Crippen LogP contribution is -2.48. The third-order valence-corrected chi connectivity index (χ3v) is 5.94. The lowest BCUT2D eigenvalue weighted by Gasteiger charge is -2.31. The maximum Gasteiger partial charge on any atom is 0.342 e. The van der Waals surface area contributed by atoms with Gasteiger partial charge < -0.3 is 20.4 Å². The molecule has 33 heavy (non-hydrogen) atoms. The maximum atomic E-state index is 14.6. The first-order chi connectivity index (χ1) is 15.6. The van der Waals surface area contributed by atoms with Gasteiger partial charge in [-0.1, -0.05) is 12.8 Å². The average Bonchev–Trinajstić information content (AvgIpc) is 3.31. The molecular formula is C21H22F4N6O2. The fourth-order valence-electron chi connectivity index (χ4n) is 4.18. The van der Waals surface area contributed by atoms with Crippen LogP contribution >= 0.6 is 0 Å². The third-order valence-electron chi connectivity index (χ3n) is 5.94. The summed E-state index contributed by atoms with van der Waals surface area (Å²) in [7, 11) is 2.51. The maximum absolute atomic E-state index is 14.6. The molecule has 1 aliphatic carbocycles. The molecule has 0 bridgehead atoms. The summed E-state index contributed by atoms with van der Waals surface area (Å²) in [6.07, 6.45) is 4.26. The highest BCUT2D eigenvalue weighted by atomic mass is 19.3. The van der Waals surface area contributed by atoms with Crippen LogP contribution in [0.1, 0.15) is 36.0 Å². The molecule has 2 N–H and O–H groups in total. The molecule has 1 aromatic heterocycles. The van der Waals surface area contributed by atoms with Gasteiger partial charge >= 0.3 is 5.92 Å². The van der Waals surface area contributed by atoms with Crippen LogP contribution < -0.4 is 20.4 Å². The van der Waals surface area contributed by atoms with E-state index in [1.165, 1.54) is 25.2 Å². The number of fused-ring (bicyclic) bond motifs is 1. The van der Waals surface area contributed by atoms with Crippen molar-refractivity contribution in [2.45, 2.75) is 37.6 Å². The van der Waals surface area contributed by atoms with E-state index < -0.39 is 41.5 Å². The van der Waals surface area contributed by atoms with Gasteiger partial charge in [-0.15, -0.1) is 0 Å². The second-order valence-corrected chi connectivity index (χ2v) is 8.03. The number of aromatic nitrogens is 2. The lowest BCUT2D eigenvalue weighted by atomic mass is 10.1. The first kappa shape index (κ1) is 22.7. The number of nitrogens with zero attached hydrogens (tertiary/aromatic N) is 4. The van der Waals surface area contributed by atoms with Gasteiger partial charge in [0.15, 0.2) is 17.5 Å². The minimum absolute atomic E-state index is 0.0937. The molecule has 4 rings (SSSR count). The first-order valence-electron chi connectivity index (χ1n) is 10.4. The zero-order valence-corrected chi connectivity index (χ0v) is 18.0. The van der Waals surface area contributed by atoms with Gasteiger partial charge in [0.2, 0.25) is 5.95 Å². The highest BCUT2D eigenvalue weighted by Crippen LogP contribution is 2.39. The van der Waals surface area contributed by atoms with Gasteiger partial charge in [-0.3, -0.25) is 9.59 Å². The van der Waals surface area contributed by atoms with Crippen molar-refractivity contribution in [2.24, 2.45) is 0 Å². The summed E-state index contributed by atoms with van der Waals surface area (Å²) in [6, 6.07) is 2.01. The normalized spacial score (nSPS) is 18.2. The van der Waals surface area contributed by atoms with Crippen LogP contribution in [0.4, 0.5) is 40.7 Å². The number of carbonyl (C=O) groups is 2. The minimum atomic E-state index is -3.63. The van der Waals surface area contributed by atoms with Crippen LogP contribution in [0.3, 0.4) is 0 Å². The molecule has 1 aliphatic heterocycles. The predicted octanol–water partition coefficient (Wildman–Crippen LogP) is 3.22. The molecule has 1 fully saturated rings. The van der Waals surface area contributed by atoms with Crippen LogP contribution in [0, 0.1) is 11.6 Å². The predicted molar refractivity (Wildman–Crippen MR) is 113 cm³/mol. The molecule has 8 nitrogen and oxygen atoms in total. The van der Waals surface area contributed by atoms with E-state index in [1.54, 1.807) is 0 Å². The number of hydrogen-bond donors (Lipinski definition) is 2. The number of anilines is 4. The SMILES string of the molecule is CNC(=O)c1ccc(Nc2ncc3c(n2)N(C2CCCC2)CC(F)(F)C(=O)N3C)c(F)c1F. The number of carbonyl (C=O) groups excluding carboxylic acids is 2. The van der Waals surface area contributed by atoms with Gasteiger partial charge in [0, 0.05) is 20.1 Å². The van der Waals surface area contributed by atoms with E-state index in [1.807, 2.05) is 0 Å². The minimum Gasteiger partial charge on any atom is -0.355 e. The highest BCUT2D eigenvalue weighted by Gasteiger charge is 2.48. The second kappa shape index (κ2) is 8.49. The Kier molecular flexibility index (Phi) is 5.85. The Balaban J connectivity index is 1.73. The van der Waals surface area contributed by atoms with Gasteiger partial charge in [-0.2, -0.15) is 13.8 Å². The molecular weight excluding hydrogens is 444 g/mol. The van der Waals surface area contributed by atoms with Gasteiger partial charge in [0.1, 0.15) is 5.69 Å². The molecule has 176 valence electrons. The van der Waals surface area contributed by atoms with Crippen molar-refractivity contribution in [2.75, 3.05) is 35.8 Å². The van der Waals surface area contributed by atoms with Gasteiger partial charge in [-0.25, -0.2) is 13.8 Å². The zero-order chi connectivity index (χ0) is 23.9. The monoisotopic (exact) mass is 466 g/mol. The highest BCUT2D eigenvalue weighted by molar-refractivity contribution is 6.02. The van der Waals surface area contributed by atoms with E-state index >= 15 is 0 Å². The molecule has 2 heterocycles. The van der Waals surface area contributed by atoms with E-state index in [4.69, 9.17) is 0 Å². The first-order valence-corrected chi connectivity index (χ1v) is 10.4. The number of hydrogen-bond acceptors (Lipinski definition) is 6. The number of halogens is 4. The fraction of sp³-hybridized carbons (Fsp3) is 0.429. The summed E-state index contributed by atoms with van der Waals surface area (Å²) in [5.74, 6) is -8.53. The molecule has 2 aliphatic rings. The standard InChI is InChI=1S/C21H22F4N6O2/c1-26-18(32)12-7-8-13(16(23)15(12)22)28-20-27-9-14-17(29-20)31(11-5-3-4-6-11)10-21(24,25)19(33)30(14)2/h7-9,11H,3-6,10H2,1-2H3,(H,26,32)(H,27,28,29). The zero-order valence-electron chi connectivity index (χ0n) is 18.0. The van der Waals surface area contributed by atoms with Crippen LogP contribution in [0.2, 0.25) is 0 Å². The van der Waals surface area contributed by atoms with Crippen molar-refractivity contribution >= 4 is 35.0 Å². The summed E-state index contributed by atoms with van der Waals surface area (Å²) < 4.78 is 58.1. The molecule has 2 amide bonds. The average molecular weight is 466 g/mol. The van der Waals surface area contributed by atoms with Crippen molar-refractivity contribution in [3.63, 3.8) is 0 Å². The molecule has 0 unspecified atom stereocenters. The topological polar surface area (TPSA) is 90.5 Å². The Bertz CT molecular complexity index is 1110. The van der Waals surface area contributed by atoms with Crippen LogP contribution in [-0.4, -0.2) is 54.4 Å². The number of rotatable bonds is 4. The van der Waals surface area contributed by atoms with Crippen molar-refractivity contribution in [1.29, 1.82) is 0 Å².